The molecule has 0 aromatic rings. The SMILES string of the molecule is C[C@]12C(CC[C@@H]3[C@@H]1[C@@H](O)C[C@@]1(C)[C@H]3CC[C@]1(O)C(=O)CO)CC(=O)CC2OP(=O)(O)O. The van der Waals surface area contributed by atoms with Crippen LogP contribution in [0.2, 0.25) is 0 Å². The van der Waals surface area contributed by atoms with Crippen molar-refractivity contribution in [2.24, 2.45) is 34.5 Å². The lowest BCUT2D eigenvalue weighted by Crippen LogP contribution is -2.65. The fourth-order valence-electron chi connectivity index (χ4n) is 8.10. The highest BCUT2D eigenvalue weighted by Gasteiger charge is 2.70. The fraction of sp³-hybridized carbons (Fsp3) is 0.905. The molecule has 4 fully saturated rings. The topological polar surface area (TPSA) is 162 Å². The highest BCUT2D eigenvalue weighted by Crippen LogP contribution is 2.69. The molecule has 9 nitrogen and oxygen atoms in total. The Bertz CT molecular complexity index is 826. The van der Waals surface area contributed by atoms with E-state index in [9.17, 15) is 39.3 Å². The Morgan fingerprint density at radius 1 is 1.19 bits per heavy atom. The van der Waals surface area contributed by atoms with Crippen molar-refractivity contribution < 1.29 is 43.8 Å². The molecule has 4 aliphatic carbocycles. The van der Waals surface area contributed by atoms with Gasteiger partial charge in [-0.1, -0.05) is 13.8 Å². The lowest BCUT2D eigenvalue weighted by atomic mass is 9.43. The Hall–Kier alpha value is -0.670. The summed E-state index contributed by atoms with van der Waals surface area (Å²) in [5, 5.41) is 32.1. The summed E-state index contributed by atoms with van der Waals surface area (Å²) in [6.45, 7) is 2.91. The van der Waals surface area contributed by atoms with E-state index in [2.05, 4.69) is 0 Å². The number of Topliss-reactive ketones (excluding diaryl/α,β-unsaturated/α-hetero) is 2. The van der Waals surface area contributed by atoms with E-state index in [-0.39, 0.29) is 48.7 Å². The molecule has 5 N–H and O–H groups in total. The van der Waals surface area contributed by atoms with Crippen LogP contribution in [0.4, 0.5) is 0 Å². The van der Waals surface area contributed by atoms with Crippen molar-refractivity contribution in [1.82, 2.24) is 0 Å². The second-order valence-corrected chi connectivity index (χ2v) is 11.8. The zero-order chi connectivity index (χ0) is 23.0. The predicted molar refractivity (Wildman–Crippen MR) is 107 cm³/mol. The van der Waals surface area contributed by atoms with Crippen LogP contribution in [0.1, 0.15) is 58.8 Å². The van der Waals surface area contributed by atoms with Crippen molar-refractivity contribution in [2.75, 3.05) is 6.61 Å². The van der Waals surface area contributed by atoms with Crippen LogP contribution in [-0.4, -0.2) is 61.1 Å². The number of carbonyl (C=O) groups is 2. The van der Waals surface area contributed by atoms with Gasteiger partial charge in [-0.3, -0.25) is 14.1 Å². The lowest BCUT2D eigenvalue weighted by molar-refractivity contribution is -0.216. The van der Waals surface area contributed by atoms with Gasteiger partial charge in [0.05, 0.1) is 12.2 Å². The summed E-state index contributed by atoms with van der Waals surface area (Å²) in [6.07, 6.45) is 0.501. The fourth-order valence-corrected chi connectivity index (χ4v) is 8.74. The zero-order valence-electron chi connectivity index (χ0n) is 17.9. The molecule has 0 spiro atoms. The summed E-state index contributed by atoms with van der Waals surface area (Å²) in [7, 11) is -4.85. The maximum Gasteiger partial charge on any atom is 0.469 e. The molecule has 10 heteroatoms. The van der Waals surface area contributed by atoms with Gasteiger partial charge in [-0.2, -0.15) is 0 Å². The van der Waals surface area contributed by atoms with Gasteiger partial charge in [-0.25, -0.2) is 4.57 Å². The highest BCUT2D eigenvalue weighted by molar-refractivity contribution is 7.46. The van der Waals surface area contributed by atoms with E-state index in [0.717, 1.165) is 0 Å². The van der Waals surface area contributed by atoms with Crippen LogP contribution in [0.3, 0.4) is 0 Å². The smallest absolute Gasteiger partial charge is 0.393 e. The third-order valence-corrected chi connectivity index (χ3v) is 10.0. The molecule has 0 saturated heterocycles. The number of aliphatic hydroxyl groups is 3. The summed E-state index contributed by atoms with van der Waals surface area (Å²) in [5.74, 6) is -1.45. The van der Waals surface area contributed by atoms with Crippen LogP contribution in [0.25, 0.3) is 0 Å². The highest BCUT2D eigenvalue weighted by atomic mass is 31.2. The molecule has 0 aliphatic heterocycles. The van der Waals surface area contributed by atoms with Crippen molar-refractivity contribution in [2.45, 2.75) is 76.6 Å². The first-order chi connectivity index (χ1) is 14.3. The molecule has 176 valence electrons. The van der Waals surface area contributed by atoms with Gasteiger partial charge in [0.15, 0.2) is 5.78 Å². The maximum atomic E-state index is 12.5. The summed E-state index contributed by atoms with van der Waals surface area (Å²) in [6, 6.07) is 0. The normalized spacial score (nSPS) is 49.8. The van der Waals surface area contributed by atoms with E-state index >= 15 is 0 Å². The van der Waals surface area contributed by atoms with Gasteiger partial charge in [0, 0.05) is 23.7 Å². The number of phosphoric acid groups is 1. The Kier molecular flexibility index (Phi) is 5.62. The predicted octanol–water partition coefficient (Wildman–Crippen LogP) is 0.949. The van der Waals surface area contributed by atoms with Crippen molar-refractivity contribution in [3.8, 4) is 0 Å². The molecule has 0 aromatic carbocycles. The van der Waals surface area contributed by atoms with Crippen LogP contribution in [0, 0.1) is 34.5 Å². The largest absolute Gasteiger partial charge is 0.469 e. The van der Waals surface area contributed by atoms with Gasteiger partial charge >= 0.3 is 7.82 Å². The van der Waals surface area contributed by atoms with E-state index in [4.69, 9.17) is 4.52 Å². The molecule has 2 unspecified atom stereocenters. The minimum Gasteiger partial charge on any atom is -0.393 e. The first kappa shape index (κ1) is 23.5. The Morgan fingerprint density at radius 3 is 2.48 bits per heavy atom. The molecular weight excluding hydrogens is 427 g/mol. The zero-order valence-corrected chi connectivity index (χ0v) is 18.8. The second-order valence-electron chi connectivity index (χ2n) is 10.6. The summed E-state index contributed by atoms with van der Waals surface area (Å²) in [5.41, 5.74) is -3.43. The van der Waals surface area contributed by atoms with Gasteiger partial charge in [0.2, 0.25) is 0 Å². The van der Waals surface area contributed by atoms with Gasteiger partial charge < -0.3 is 25.1 Å². The van der Waals surface area contributed by atoms with Crippen LogP contribution in [-0.2, 0) is 18.7 Å². The standard InChI is InChI=1S/C21H33O9P/c1-19-9-15(24)18-13(14(19)5-6-21(19,26)16(25)10-22)4-3-11-7-12(23)8-17(20(11,18)2)30-31(27,28)29/h11,13-15,17-18,22,24,26H,3-10H2,1-2H3,(H2,27,28,29)/t11?,13-,14-,15-,17?,18+,19-,20+,21-/m0/s1. The van der Waals surface area contributed by atoms with Crippen molar-refractivity contribution in [3.05, 3.63) is 0 Å². The minimum atomic E-state index is -4.85. The van der Waals surface area contributed by atoms with Crippen molar-refractivity contribution in [1.29, 1.82) is 0 Å². The van der Waals surface area contributed by atoms with E-state index in [1.807, 2.05) is 6.92 Å². The third kappa shape index (κ3) is 3.31. The van der Waals surface area contributed by atoms with Crippen LogP contribution in [0.15, 0.2) is 0 Å². The number of hydrogen-bond acceptors (Lipinski definition) is 7. The molecule has 9 atom stereocenters. The number of carbonyl (C=O) groups excluding carboxylic acids is 2. The molecule has 0 amide bonds. The molecule has 0 aromatic heterocycles. The Labute approximate surface area is 181 Å². The Balaban J connectivity index is 1.74. The second kappa shape index (κ2) is 7.42. The number of fused-ring (bicyclic) bond motifs is 5. The number of hydrogen-bond donors (Lipinski definition) is 5. The monoisotopic (exact) mass is 460 g/mol. The van der Waals surface area contributed by atoms with Gasteiger partial charge in [-0.05, 0) is 55.8 Å². The molecule has 4 saturated carbocycles. The van der Waals surface area contributed by atoms with Crippen molar-refractivity contribution in [3.63, 3.8) is 0 Å². The summed E-state index contributed by atoms with van der Waals surface area (Å²) in [4.78, 5) is 43.8. The minimum absolute atomic E-state index is 0.0903. The number of phosphoric ester groups is 1. The maximum absolute atomic E-state index is 12.5. The molecule has 4 rings (SSSR count). The van der Waals surface area contributed by atoms with Crippen LogP contribution >= 0.6 is 7.82 Å². The summed E-state index contributed by atoms with van der Waals surface area (Å²) >= 11 is 0. The third-order valence-electron chi connectivity index (χ3n) is 9.50. The van der Waals surface area contributed by atoms with Crippen LogP contribution < -0.4 is 0 Å². The van der Waals surface area contributed by atoms with E-state index in [1.54, 1.807) is 6.92 Å². The van der Waals surface area contributed by atoms with Gasteiger partial charge in [-0.15, -0.1) is 0 Å². The molecule has 0 bridgehead atoms. The number of ketones is 2. The lowest BCUT2D eigenvalue weighted by Gasteiger charge is -2.63. The quantitative estimate of drug-likeness (QED) is 0.385. The van der Waals surface area contributed by atoms with Crippen LogP contribution in [0.5, 0.6) is 0 Å². The Morgan fingerprint density at radius 2 is 1.87 bits per heavy atom. The van der Waals surface area contributed by atoms with Gasteiger partial charge in [0.25, 0.3) is 0 Å². The van der Waals surface area contributed by atoms with E-state index in [0.29, 0.717) is 25.7 Å². The molecule has 0 radical (unpaired) electrons. The van der Waals surface area contributed by atoms with E-state index < -0.39 is 48.9 Å². The first-order valence-corrected chi connectivity index (χ1v) is 12.6. The van der Waals surface area contributed by atoms with Crippen molar-refractivity contribution >= 4 is 19.4 Å². The first-order valence-electron chi connectivity index (χ1n) is 11.1. The molecule has 4 aliphatic rings. The summed E-state index contributed by atoms with van der Waals surface area (Å²) < 4.78 is 16.8. The number of aliphatic hydroxyl groups excluding tert-OH is 2. The average Bonchev–Trinajstić information content (AvgIpc) is 2.92. The molecular formula is C21H33O9P. The van der Waals surface area contributed by atoms with E-state index in [1.165, 1.54) is 0 Å². The molecule has 31 heavy (non-hydrogen) atoms. The van der Waals surface area contributed by atoms with Gasteiger partial charge in [0.1, 0.15) is 18.0 Å². The number of rotatable bonds is 4. The molecule has 0 heterocycles. The average molecular weight is 460 g/mol.